The van der Waals surface area contributed by atoms with Gasteiger partial charge in [-0.25, -0.2) is 0 Å². The van der Waals surface area contributed by atoms with E-state index in [0.717, 1.165) is 31.6 Å². The standard InChI is InChI=1S/C13H19NO3/c1-9(15)12-3-2-10(8-13(12)17)14-6-4-11(16)5-7-14/h2-3,8-9,11,15-17H,4-7H2,1H3. The third-order valence-electron chi connectivity index (χ3n) is 3.29. The van der Waals surface area contributed by atoms with Gasteiger partial charge in [0.15, 0.2) is 0 Å². The maximum Gasteiger partial charge on any atom is 0.123 e. The van der Waals surface area contributed by atoms with Crippen molar-refractivity contribution in [2.45, 2.75) is 32.0 Å². The molecule has 0 amide bonds. The number of hydrogen-bond acceptors (Lipinski definition) is 4. The minimum atomic E-state index is -0.660. The Bertz CT molecular complexity index is 384. The van der Waals surface area contributed by atoms with Crippen LogP contribution >= 0.6 is 0 Å². The summed E-state index contributed by atoms with van der Waals surface area (Å²) in [5, 5.41) is 28.7. The lowest BCUT2D eigenvalue weighted by Crippen LogP contribution is -2.35. The molecule has 1 aromatic rings. The van der Waals surface area contributed by atoms with Crippen LogP contribution in [0.25, 0.3) is 0 Å². The fraction of sp³-hybridized carbons (Fsp3) is 0.538. The number of piperidine rings is 1. The van der Waals surface area contributed by atoms with Crippen molar-refractivity contribution in [1.82, 2.24) is 0 Å². The number of aromatic hydroxyl groups is 1. The average Bonchev–Trinajstić information content (AvgIpc) is 2.29. The van der Waals surface area contributed by atoms with E-state index < -0.39 is 6.10 Å². The Kier molecular flexibility index (Phi) is 3.54. The van der Waals surface area contributed by atoms with Crippen LogP contribution in [0.5, 0.6) is 5.75 Å². The number of aliphatic hydroxyl groups is 2. The molecule has 1 saturated heterocycles. The molecule has 17 heavy (non-hydrogen) atoms. The van der Waals surface area contributed by atoms with Gasteiger partial charge in [0.2, 0.25) is 0 Å². The van der Waals surface area contributed by atoms with E-state index in [1.54, 1.807) is 19.1 Å². The fourth-order valence-electron chi connectivity index (χ4n) is 2.21. The summed E-state index contributed by atoms with van der Waals surface area (Å²) in [6.07, 6.45) is 0.668. The zero-order valence-electron chi connectivity index (χ0n) is 10.0. The van der Waals surface area contributed by atoms with Crippen LogP contribution in [0.15, 0.2) is 18.2 Å². The van der Waals surface area contributed by atoms with Crippen molar-refractivity contribution in [2.75, 3.05) is 18.0 Å². The molecular formula is C13H19NO3. The quantitative estimate of drug-likeness (QED) is 0.727. The molecular weight excluding hydrogens is 218 g/mol. The van der Waals surface area contributed by atoms with E-state index in [1.165, 1.54) is 0 Å². The van der Waals surface area contributed by atoms with Crippen molar-refractivity contribution in [3.8, 4) is 5.75 Å². The maximum absolute atomic E-state index is 9.81. The van der Waals surface area contributed by atoms with Crippen LogP contribution in [0.4, 0.5) is 5.69 Å². The van der Waals surface area contributed by atoms with Crippen molar-refractivity contribution in [3.05, 3.63) is 23.8 Å². The van der Waals surface area contributed by atoms with Gasteiger partial charge in [0.1, 0.15) is 5.75 Å². The summed E-state index contributed by atoms with van der Waals surface area (Å²) in [7, 11) is 0. The highest BCUT2D eigenvalue weighted by Crippen LogP contribution is 2.30. The molecule has 94 valence electrons. The number of anilines is 1. The fourth-order valence-corrected chi connectivity index (χ4v) is 2.21. The van der Waals surface area contributed by atoms with Crippen molar-refractivity contribution in [1.29, 1.82) is 0 Å². The molecule has 0 radical (unpaired) electrons. The second-order valence-electron chi connectivity index (χ2n) is 4.64. The number of phenolic OH excluding ortho intramolecular Hbond substituents is 1. The smallest absolute Gasteiger partial charge is 0.123 e. The van der Waals surface area contributed by atoms with Crippen LogP contribution < -0.4 is 4.90 Å². The third kappa shape index (κ3) is 2.70. The highest BCUT2D eigenvalue weighted by atomic mass is 16.3. The number of phenols is 1. The first-order valence-electron chi connectivity index (χ1n) is 6.02. The molecule has 0 spiro atoms. The minimum absolute atomic E-state index is 0.128. The van der Waals surface area contributed by atoms with E-state index in [4.69, 9.17) is 0 Å². The summed E-state index contributed by atoms with van der Waals surface area (Å²) in [6.45, 7) is 3.23. The van der Waals surface area contributed by atoms with Gasteiger partial charge in [-0.2, -0.15) is 0 Å². The van der Waals surface area contributed by atoms with Crippen LogP contribution in [0.3, 0.4) is 0 Å². The van der Waals surface area contributed by atoms with Crippen LogP contribution in [-0.4, -0.2) is 34.5 Å². The van der Waals surface area contributed by atoms with Crippen LogP contribution in [0, 0.1) is 0 Å². The van der Waals surface area contributed by atoms with E-state index in [1.807, 2.05) is 6.07 Å². The molecule has 0 aliphatic carbocycles. The van der Waals surface area contributed by atoms with Gasteiger partial charge in [-0.1, -0.05) is 6.07 Å². The molecule has 1 aliphatic rings. The lowest BCUT2D eigenvalue weighted by Gasteiger charge is -2.31. The number of aliphatic hydroxyl groups excluding tert-OH is 2. The van der Waals surface area contributed by atoms with Crippen molar-refractivity contribution in [2.24, 2.45) is 0 Å². The number of benzene rings is 1. The topological polar surface area (TPSA) is 63.9 Å². The summed E-state index contributed by atoms with van der Waals surface area (Å²) < 4.78 is 0. The lowest BCUT2D eigenvalue weighted by molar-refractivity contribution is 0.145. The van der Waals surface area contributed by atoms with Gasteiger partial charge in [-0.05, 0) is 25.8 Å². The highest BCUT2D eigenvalue weighted by molar-refractivity contribution is 5.54. The highest BCUT2D eigenvalue weighted by Gasteiger charge is 2.18. The van der Waals surface area contributed by atoms with E-state index in [9.17, 15) is 15.3 Å². The van der Waals surface area contributed by atoms with Gasteiger partial charge < -0.3 is 20.2 Å². The summed E-state index contributed by atoms with van der Waals surface area (Å²) in [5.41, 5.74) is 1.49. The predicted octanol–water partition coefficient (Wildman–Crippen LogP) is 1.41. The molecule has 1 atom stereocenters. The maximum atomic E-state index is 9.81. The van der Waals surface area contributed by atoms with Crippen molar-refractivity contribution < 1.29 is 15.3 Å². The van der Waals surface area contributed by atoms with Crippen LogP contribution in [-0.2, 0) is 0 Å². The van der Waals surface area contributed by atoms with Gasteiger partial charge in [0, 0.05) is 30.4 Å². The Morgan fingerprint density at radius 2 is 1.94 bits per heavy atom. The largest absolute Gasteiger partial charge is 0.507 e. The average molecular weight is 237 g/mol. The Labute approximate surface area is 101 Å². The Morgan fingerprint density at radius 3 is 2.47 bits per heavy atom. The normalized spacial score (nSPS) is 19.4. The second kappa shape index (κ2) is 4.94. The summed E-state index contributed by atoms with van der Waals surface area (Å²) in [6, 6.07) is 5.33. The predicted molar refractivity (Wildman–Crippen MR) is 66.2 cm³/mol. The molecule has 0 saturated carbocycles. The van der Waals surface area contributed by atoms with Gasteiger partial charge in [0.25, 0.3) is 0 Å². The van der Waals surface area contributed by atoms with Crippen LogP contribution in [0.1, 0.15) is 31.4 Å². The summed E-state index contributed by atoms with van der Waals surface area (Å²) >= 11 is 0. The lowest BCUT2D eigenvalue weighted by atomic mass is 10.1. The first-order valence-corrected chi connectivity index (χ1v) is 6.02. The number of nitrogens with zero attached hydrogens (tertiary/aromatic N) is 1. The Balaban J connectivity index is 2.14. The van der Waals surface area contributed by atoms with Gasteiger partial charge in [-0.15, -0.1) is 0 Å². The summed E-state index contributed by atoms with van der Waals surface area (Å²) in [4.78, 5) is 2.14. The monoisotopic (exact) mass is 237 g/mol. The van der Waals surface area contributed by atoms with E-state index >= 15 is 0 Å². The first-order chi connectivity index (χ1) is 8.08. The first kappa shape index (κ1) is 12.2. The van der Waals surface area contributed by atoms with Crippen LogP contribution in [0.2, 0.25) is 0 Å². The van der Waals surface area contributed by atoms with Crippen molar-refractivity contribution in [3.63, 3.8) is 0 Å². The Hall–Kier alpha value is -1.26. The molecule has 1 unspecified atom stereocenters. The molecule has 1 heterocycles. The molecule has 1 aliphatic heterocycles. The van der Waals surface area contributed by atoms with E-state index in [-0.39, 0.29) is 11.9 Å². The molecule has 0 bridgehead atoms. The minimum Gasteiger partial charge on any atom is -0.507 e. The number of hydrogen-bond donors (Lipinski definition) is 3. The van der Waals surface area contributed by atoms with Gasteiger partial charge in [0.05, 0.1) is 12.2 Å². The third-order valence-corrected chi connectivity index (χ3v) is 3.29. The Morgan fingerprint density at radius 1 is 1.29 bits per heavy atom. The molecule has 4 nitrogen and oxygen atoms in total. The molecule has 4 heteroatoms. The summed E-state index contributed by atoms with van der Waals surface area (Å²) in [5.74, 6) is 0.128. The molecule has 1 aromatic carbocycles. The van der Waals surface area contributed by atoms with E-state index in [2.05, 4.69) is 4.90 Å². The zero-order valence-corrected chi connectivity index (χ0v) is 10.0. The molecule has 1 fully saturated rings. The second-order valence-corrected chi connectivity index (χ2v) is 4.64. The SMILES string of the molecule is CC(O)c1ccc(N2CCC(O)CC2)cc1O. The van der Waals surface area contributed by atoms with Crippen molar-refractivity contribution >= 4 is 5.69 Å². The molecule has 2 rings (SSSR count). The zero-order chi connectivity index (χ0) is 12.4. The number of rotatable bonds is 2. The van der Waals surface area contributed by atoms with E-state index in [0.29, 0.717) is 5.56 Å². The molecule has 3 N–H and O–H groups in total. The van der Waals surface area contributed by atoms with Gasteiger partial charge in [-0.3, -0.25) is 0 Å². The van der Waals surface area contributed by atoms with Gasteiger partial charge >= 0.3 is 0 Å². The molecule has 0 aromatic heterocycles.